The van der Waals surface area contributed by atoms with E-state index in [0.29, 0.717) is 28.1 Å². The maximum absolute atomic E-state index is 15.0. The molecule has 1 aliphatic carbocycles. The van der Waals surface area contributed by atoms with Gasteiger partial charge in [0.05, 0.1) is 21.6 Å². The summed E-state index contributed by atoms with van der Waals surface area (Å²) in [4.78, 5) is 25.6. The van der Waals surface area contributed by atoms with Crippen molar-refractivity contribution in [3.05, 3.63) is 69.5 Å². The van der Waals surface area contributed by atoms with E-state index in [9.17, 15) is 8.78 Å². The second-order valence-corrected chi connectivity index (χ2v) is 11.0. The number of primary amides is 1. The summed E-state index contributed by atoms with van der Waals surface area (Å²) in [6, 6.07) is 8.28. The van der Waals surface area contributed by atoms with Crippen molar-refractivity contribution in [3.63, 3.8) is 0 Å². The Morgan fingerprint density at radius 1 is 1.31 bits per heavy atom. The lowest BCUT2D eigenvalue weighted by molar-refractivity contribution is -0.106. The minimum atomic E-state index is -2.88. The number of pyridine rings is 1. The van der Waals surface area contributed by atoms with E-state index < -0.39 is 6.55 Å². The number of benzene rings is 1. The molecule has 4 N–H and O–H groups in total. The third kappa shape index (κ3) is 8.45. The molecule has 4 rings (SSSR count). The molecule has 1 fully saturated rings. The molecule has 1 aliphatic rings. The van der Waals surface area contributed by atoms with E-state index in [1.807, 2.05) is 13.0 Å². The molecule has 0 radical (unpaired) electrons. The van der Waals surface area contributed by atoms with Gasteiger partial charge in [0.15, 0.2) is 5.84 Å². The molecule has 1 aromatic carbocycles. The van der Waals surface area contributed by atoms with Crippen LogP contribution in [0.4, 0.5) is 13.2 Å². The molecule has 0 bridgehead atoms. The van der Waals surface area contributed by atoms with Crippen molar-refractivity contribution in [2.75, 3.05) is 0 Å². The Morgan fingerprint density at radius 2 is 2.05 bits per heavy atom. The van der Waals surface area contributed by atoms with E-state index in [1.165, 1.54) is 11.0 Å². The van der Waals surface area contributed by atoms with Crippen LogP contribution in [-0.4, -0.2) is 39.7 Å². The number of amides is 1. The molecule has 2 aromatic heterocycles. The Hall–Kier alpha value is -3.64. The Labute approximate surface area is 251 Å². The molecule has 1 saturated carbocycles. The van der Waals surface area contributed by atoms with Crippen LogP contribution in [0.15, 0.2) is 67.9 Å². The molecule has 1 amide bonds. The van der Waals surface area contributed by atoms with Crippen LogP contribution in [0.2, 0.25) is 0 Å². The zero-order valence-corrected chi connectivity index (χ0v) is 24.8. The minimum absolute atomic E-state index is 0.0161. The monoisotopic (exact) mass is 619 g/mol. The predicted molar refractivity (Wildman–Crippen MR) is 165 cm³/mol. The fourth-order valence-electron chi connectivity index (χ4n) is 4.87. The molecule has 2 atom stereocenters. The fourth-order valence-corrected chi connectivity index (χ4v) is 6.12. The molecular weight excluding hydrogens is 587 g/mol. The van der Waals surface area contributed by atoms with Crippen molar-refractivity contribution in [1.29, 1.82) is 0 Å². The van der Waals surface area contributed by atoms with Gasteiger partial charge in [0.25, 0.3) is 0 Å². The summed E-state index contributed by atoms with van der Waals surface area (Å²) in [6.07, 6.45) is 11.2. The third-order valence-electron chi connectivity index (χ3n) is 6.59. The topological polar surface area (TPSA) is 125 Å². The number of imidazole rings is 1. The van der Waals surface area contributed by atoms with Crippen LogP contribution in [0.25, 0.3) is 22.4 Å². The van der Waals surface area contributed by atoms with E-state index in [-0.39, 0.29) is 30.0 Å². The lowest BCUT2D eigenvalue weighted by Gasteiger charge is -2.33. The highest BCUT2D eigenvalue weighted by molar-refractivity contribution is 8.08. The maximum atomic E-state index is 15.0. The molecule has 13 heteroatoms. The van der Waals surface area contributed by atoms with Gasteiger partial charge in [-0.15, -0.1) is 0 Å². The second-order valence-electron chi connectivity index (χ2n) is 9.26. The fraction of sp³-hybridized carbons (Fsp3) is 0.345. The number of fused-ring (bicyclic) bond motifs is 1. The predicted octanol–water partition coefficient (Wildman–Crippen LogP) is 7.15. The highest BCUT2D eigenvalue weighted by Crippen LogP contribution is 2.45. The van der Waals surface area contributed by atoms with Crippen LogP contribution in [0, 0.1) is 11.7 Å². The third-order valence-corrected chi connectivity index (χ3v) is 8.21. The Morgan fingerprint density at radius 3 is 2.71 bits per heavy atom. The van der Waals surface area contributed by atoms with Crippen LogP contribution in [0.3, 0.4) is 0 Å². The van der Waals surface area contributed by atoms with Gasteiger partial charge in [-0.25, -0.2) is 19.4 Å². The van der Waals surface area contributed by atoms with Crippen LogP contribution in [0.5, 0.6) is 0 Å². The summed E-state index contributed by atoms with van der Waals surface area (Å²) in [6.45, 7) is 1.14. The van der Waals surface area contributed by atoms with Gasteiger partial charge in [-0.2, -0.15) is 8.78 Å². The standard InChI is InChI=1S/C28H30ClF3N6S.CH3NO/c1-3-8-24(39-25(29)4-2)17-9-7-10-18(13-17)38-23-14-21(26(33)35-16-36-28(31)32)34-15-22(23)37-27(38)19-11-5-6-12-20(19)30;2-1-3/h4-6,8,11-12,14-18,28H,3,7,9-10,13H2,1-2H3,(H2,33,35,36);1H,(H2,2,3)/b24-8+,25-4-;. The average molecular weight is 620 g/mol. The van der Waals surface area contributed by atoms with Gasteiger partial charge >= 0.3 is 6.55 Å². The quantitative estimate of drug-likeness (QED) is 0.114. The first kappa shape index (κ1) is 32.9. The minimum Gasteiger partial charge on any atom is -0.382 e. The van der Waals surface area contributed by atoms with Gasteiger partial charge in [-0.1, -0.05) is 61.0 Å². The molecule has 0 saturated heterocycles. The number of carbonyl (C=O) groups is 1. The van der Waals surface area contributed by atoms with Gasteiger partial charge in [0.1, 0.15) is 29.2 Å². The summed E-state index contributed by atoms with van der Waals surface area (Å²) in [5, 5.41) is 0. The highest BCUT2D eigenvalue weighted by atomic mass is 35.5. The van der Waals surface area contributed by atoms with E-state index in [2.05, 4.69) is 38.3 Å². The average Bonchev–Trinajstić information content (AvgIpc) is 3.36. The number of amidine groups is 1. The SMILES string of the molecule is C/C=C(/Cl)S/C(=C/CC)C1CCCC(n2c(-c3ccccc3F)nc3cnc(C(N)=N/C=N/C(F)F)cc32)C1.NC=O. The molecule has 2 unspecified atom stereocenters. The molecular formula is C29H33ClF3N7OS. The Balaban J connectivity index is 0.00000155. The molecule has 224 valence electrons. The summed E-state index contributed by atoms with van der Waals surface area (Å²) in [5.41, 5.74) is 12.2. The number of thioether (sulfide) groups is 1. The number of rotatable bonds is 9. The molecule has 8 nitrogen and oxygen atoms in total. The number of hydrogen-bond donors (Lipinski definition) is 2. The van der Waals surface area contributed by atoms with Crippen LogP contribution < -0.4 is 11.5 Å². The molecule has 0 spiro atoms. The van der Waals surface area contributed by atoms with Crippen LogP contribution >= 0.6 is 23.4 Å². The zero-order chi connectivity index (χ0) is 30.6. The summed E-state index contributed by atoms with van der Waals surface area (Å²) < 4.78 is 42.6. The van der Waals surface area contributed by atoms with Gasteiger partial charge in [0.2, 0.25) is 6.41 Å². The first-order valence-electron chi connectivity index (χ1n) is 13.3. The second kappa shape index (κ2) is 16.1. The lowest BCUT2D eigenvalue weighted by atomic mass is 9.84. The first-order valence-corrected chi connectivity index (χ1v) is 14.5. The van der Waals surface area contributed by atoms with Crippen molar-refractivity contribution in [2.45, 2.75) is 58.5 Å². The first-order chi connectivity index (χ1) is 20.2. The van der Waals surface area contributed by atoms with Crippen molar-refractivity contribution in [2.24, 2.45) is 27.4 Å². The molecule has 2 heterocycles. The number of aliphatic imine (C=N–C) groups is 2. The highest BCUT2D eigenvalue weighted by Gasteiger charge is 2.30. The number of aromatic nitrogens is 3. The number of hydrogen-bond acceptors (Lipinski definition) is 5. The van der Waals surface area contributed by atoms with Crippen molar-refractivity contribution >= 4 is 53.0 Å². The van der Waals surface area contributed by atoms with Crippen molar-refractivity contribution in [3.8, 4) is 11.4 Å². The molecule has 0 aliphatic heterocycles. The van der Waals surface area contributed by atoms with Crippen molar-refractivity contribution in [1.82, 2.24) is 14.5 Å². The Bertz CT molecular complexity index is 1490. The number of nitrogens with two attached hydrogens (primary N) is 2. The van der Waals surface area contributed by atoms with Crippen LogP contribution in [-0.2, 0) is 4.79 Å². The normalized spacial score (nSPS) is 18.4. The lowest BCUT2D eigenvalue weighted by Crippen LogP contribution is -2.21. The summed E-state index contributed by atoms with van der Waals surface area (Å²) in [5.74, 6) is 0.351. The van der Waals surface area contributed by atoms with Gasteiger partial charge < -0.3 is 16.0 Å². The zero-order valence-electron chi connectivity index (χ0n) is 23.3. The number of alkyl halides is 2. The summed E-state index contributed by atoms with van der Waals surface area (Å²) >= 11 is 7.99. The number of halogens is 4. The molecule has 42 heavy (non-hydrogen) atoms. The van der Waals surface area contributed by atoms with E-state index >= 15 is 4.39 Å². The number of allylic oxidation sites excluding steroid dienone is 3. The van der Waals surface area contributed by atoms with Gasteiger partial charge in [-0.3, -0.25) is 9.78 Å². The summed E-state index contributed by atoms with van der Waals surface area (Å²) in [7, 11) is 0. The largest absolute Gasteiger partial charge is 0.382 e. The van der Waals surface area contributed by atoms with Gasteiger partial charge in [-0.05, 0) is 61.6 Å². The Kier molecular flexibility index (Phi) is 12.6. The van der Waals surface area contributed by atoms with E-state index in [4.69, 9.17) is 27.1 Å². The number of nitrogens with zero attached hydrogens (tertiary/aromatic N) is 5. The van der Waals surface area contributed by atoms with Crippen molar-refractivity contribution < 1.29 is 18.0 Å². The van der Waals surface area contributed by atoms with Crippen LogP contribution in [0.1, 0.15) is 57.7 Å². The van der Waals surface area contributed by atoms with E-state index in [1.54, 1.807) is 42.2 Å². The molecule has 3 aromatic rings. The maximum Gasteiger partial charge on any atom is 0.333 e. The number of carbonyl (C=O) groups excluding carboxylic acids is 1. The van der Waals surface area contributed by atoms with Gasteiger partial charge in [0, 0.05) is 6.04 Å². The smallest absolute Gasteiger partial charge is 0.333 e. The van der Waals surface area contributed by atoms with E-state index in [0.717, 1.165) is 42.8 Å².